The van der Waals surface area contributed by atoms with Crippen LogP contribution in [0, 0.1) is 0 Å². The maximum atomic E-state index is 12.5. The van der Waals surface area contributed by atoms with Gasteiger partial charge < -0.3 is 9.84 Å². The molecule has 0 radical (unpaired) electrons. The molecule has 5 heteroatoms. The Morgan fingerprint density at radius 3 is 2.47 bits per heavy atom. The smallest absolute Gasteiger partial charge is 0.416 e. The van der Waals surface area contributed by atoms with Gasteiger partial charge in [0.25, 0.3) is 0 Å². The molecule has 0 atom stereocenters. The summed E-state index contributed by atoms with van der Waals surface area (Å²) in [6.45, 7) is 0. The van der Waals surface area contributed by atoms with E-state index in [4.69, 9.17) is 4.74 Å². The third-order valence-electron chi connectivity index (χ3n) is 2.96. The highest BCUT2D eigenvalue weighted by atomic mass is 19.4. The van der Waals surface area contributed by atoms with Crippen LogP contribution in [0.15, 0.2) is 18.2 Å². The predicted molar refractivity (Wildman–Crippen MR) is 55.9 cm³/mol. The Kier molecular flexibility index (Phi) is 2.81. The fraction of sp³-hybridized carbons (Fsp3) is 0.500. The van der Waals surface area contributed by atoms with Crippen LogP contribution in [-0.2, 0) is 12.6 Å². The molecule has 2 rings (SSSR count). The first-order chi connectivity index (χ1) is 7.84. The number of alkyl halides is 3. The van der Waals surface area contributed by atoms with Gasteiger partial charge in [0.1, 0.15) is 5.75 Å². The molecule has 1 N–H and O–H groups in total. The lowest BCUT2D eigenvalue weighted by Gasteiger charge is -2.14. The zero-order valence-electron chi connectivity index (χ0n) is 9.34. The minimum atomic E-state index is -4.37. The van der Waals surface area contributed by atoms with Crippen LogP contribution in [0.25, 0.3) is 0 Å². The molecule has 0 aromatic heterocycles. The molecule has 1 saturated carbocycles. The second kappa shape index (κ2) is 3.91. The van der Waals surface area contributed by atoms with Crippen LogP contribution in [-0.4, -0.2) is 17.8 Å². The van der Waals surface area contributed by atoms with Crippen molar-refractivity contribution >= 4 is 0 Å². The standard InChI is InChI=1S/C12H13F3O2/c1-17-10-6-9(12(13,14)15)3-2-8(10)7-11(16)4-5-11/h2-3,6,16H,4-5,7H2,1H3. The summed E-state index contributed by atoms with van der Waals surface area (Å²) in [6, 6.07) is 3.36. The molecule has 1 fully saturated rings. The summed E-state index contributed by atoms with van der Waals surface area (Å²) >= 11 is 0. The van der Waals surface area contributed by atoms with Crippen LogP contribution < -0.4 is 4.74 Å². The molecule has 1 aliphatic carbocycles. The maximum Gasteiger partial charge on any atom is 0.416 e. The lowest BCUT2D eigenvalue weighted by Crippen LogP contribution is -2.12. The van der Waals surface area contributed by atoms with Crippen LogP contribution in [0.3, 0.4) is 0 Å². The molecule has 17 heavy (non-hydrogen) atoms. The summed E-state index contributed by atoms with van der Waals surface area (Å²) in [5.41, 5.74) is -0.867. The molecule has 1 aromatic carbocycles. The van der Waals surface area contributed by atoms with Gasteiger partial charge in [-0.2, -0.15) is 13.2 Å². The number of methoxy groups -OCH3 is 1. The fourth-order valence-corrected chi connectivity index (χ4v) is 1.74. The van der Waals surface area contributed by atoms with Crippen molar-refractivity contribution in [3.63, 3.8) is 0 Å². The lowest BCUT2D eigenvalue weighted by atomic mass is 10.0. The average molecular weight is 246 g/mol. The number of benzene rings is 1. The molecule has 2 nitrogen and oxygen atoms in total. The molecule has 1 aromatic rings. The molecule has 1 aliphatic rings. The lowest BCUT2D eigenvalue weighted by molar-refractivity contribution is -0.137. The molecule has 0 aliphatic heterocycles. The molecule has 0 spiro atoms. The van der Waals surface area contributed by atoms with Crippen LogP contribution in [0.1, 0.15) is 24.0 Å². The van der Waals surface area contributed by atoms with Crippen molar-refractivity contribution < 1.29 is 23.0 Å². The van der Waals surface area contributed by atoms with Gasteiger partial charge in [-0.3, -0.25) is 0 Å². The number of aliphatic hydroxyl groups is 1. The first kappa shape index (κ1) is 12.2. The van der Waals surface area contributed by atoms with E-state index in [9.17, 15) is 18.3 Å². The van der Waals surface area contributed by atoms with Crippen molar-refractivity contribution in [3.8, 4) is 5.75 Å². The zero-order chi connectivity index (χ0) is 12.7. The Hall–Kier alpha value is -1.23. The molecule has 0 saturated heterocycles. The van der Waals surface area contributed by atoms with E-state index >= 15 is 0 Å². The van der Waals surface area contributed by atoms with E-state index in [-0.39, 0.29) is 5.75 Å². The van der Waals surface area contributed by atoms with Crippen molar-refractivity contribution in [2.75, 3.05) is 7.11 Å². The van der Waals surface area contributed by atoms with Gasteiger partial charge in [-0.1, -0.05) is 6.07 Å². The largest absolute Gasteiger partial charge is 0.496 e. The van der Waals surface area contributed by atoms with Crippen LogP contribution >= 0.6 is 0 Å². The SMILES string of the molecule is COc1cc(C(F)(F)F)ccc1CC1(O)CC1. The number of hydrogen-bond acceptors (Lipinski definition) is 2. The summed E-state index contributed by atoms with van der Waals surface area (Å²) in [7, 11) is 1.33. The van der Waals surface area contributed by atoms with Crippen molar-refractivity contribution in [1.82, 2.24) is 0 Å². The highest BCUT2D eigenvalue weighted by molar-refractivity contribution is 5.40. The quantitative estimate of drug-likeness (QED) is 0.888. The Morgan fingerprint density at radius 2 is 2.00 bits per heavy atom. The Balaban J connectivity index is 2.28. The van der Waals surface area contributed by atoms with E-state index in [1.165, 1.54) is 13.2 Å². The van der Waals surface area contributed by atoms with Crippen LogP contribution in [0.5, 0.6) is 5.75 Å². The number of rotatable bonds is 3. The second-order valence-corrected chi connectivity index (χ2v) is 4.43. The molecule has 94 valence electrons. The van der Waals surface area contributed by atoms with E-state index in [0.29, 0.717) is 24.8 Å². The van der Waals surface area contributed by atoms with E-state index in [0.717, 1.165) is 12.1 Å². The van der Waals surface area contributed by atoms with Gasteiger partial charge in [0.15, 0.2) is 0 Å². The van der Waals surface area contributed by atoms with Crippen LogP contribution in [0.2, 0.25) is 0 Å². The van der Waals surface area contributed by atoms with Gasteiger partial charge in [0.2, 0.25) is 0 Å². The first-order valence-electron chi connectivity index (χ1n) is 5.31. The van der Waals surface area contributed by atoms with Crippen LogP contribution in [0.4, 0.5) is 13.2 Å². The summed E-state index contributed by atoms with van der Waals surface area (Å²) in [4.78, 5) is 0. The van der Waals surface area contributed by atoms with E-state index in [1.807, 2.05) is 0 Å². The van der Waals surface area contributed by atoms with Gasteiger partial charge in [0, 0.05) is 6.42 Å². The summed E-state index contributed by atoms with van der Waals surface area (Å²) in [5, 5.41) is 9.75. The van der Waals surface area contributed by atoms with Gasteiger partial charge in [-0.05, 0) is 30.5 Å². The zero-order valence-corrected chi connectivity index (χ0v) is 9.34. The monoisotopic (exact) mass is 246 g/mol. The number of ether oxygens (including phenoxy) is 1. The van der Waals surface area contributed by atoms with Crippen molar-refractivity contribution in [2.24, 2.45) is 0 Å². The fourth-order valence-electron chi connectivity index (χ4n) is 1.74. The minimum Gasteiger partial charge on any atom is -0.496 e. The van der Waals surface area contributed by atoms with Crippen molar-refractivity contribution in [3.05, 3.63) is 29.3 Å². The number of hydrogen-bond donors (Lipinski definition) is 1. The normalized spacial score (nSPS) is 17.9. The molecular weight excluding hydrogens is 233 g/mol. The Morgan fingerprint density at radius 1 is 1.35 bits per heavy atom. The van der Waals surface area contributed by atoms with E-state index in [2.05, 4.69) is 0 Å². The van der Waals surface area contributed by atoms with Gasteiger partial charge >= 0.3 is 6.18 Å². The molecule has 0 bridgehead atoms. The third kappa shape index (κ3) is 2.72. The molecule has 0 heterocycles. The average Bonchev–Trinajstić information content (AvgIpc) is 2.95. The second-order valence-electron chi connectivity index (χ2n) is 4.43. The van der Waals surface area contributed by atoms with Gasteiger partial charge in [-0.25, -0.2) is 0 Å². The maximum absolute atomic E-state index is 12.5. The van der Waals surface area contributed by atoms with E-state index < -0.39 is 17.3 Å². The van der Waals surface area contributed by atoms with Gasteiger partial charge in [-0.15, -0.1) is 0 Å². The third-order valence-corrected chi connectivity index (χ3v) is 2.96. The predicted octanol–water partition coefficient (Wildman–Crippen LogP) is 2.78. The highest BCUT2D eigenvalue weighted by Gasteiger charge is 2.41. The first-order valence-corrected chi connectivity index (χ1v) is 5.31. The van der Waals surface area contributed by atoms with E-state index in [1.54, 1.807) is 0 Å². The molecule has 0 unspecified atom stereocenters. The Labute approximate surface area is 97.0 Å². The van der Waals surface area contributed by atoms with Gasteiger partial charge in [0.05, 0.1) is 18.3 Å². The Bertz CT molecular complexity index is 422. The summed E-state index contributed by atoms with van der Waals surface area (Å²) < 4.78 is 42.4. The molecular formula is C12H13F3O2. The summed E-state index contributed by atoms with van der Waals surface area (Å²) in [5.74, 6) is 0.181. The molecule has 0 amide bonds. The minimum absolute atomic E-state index is 0.181. The number of halogens is 3. The van der Waals surface area contributed by atoms with Crippen molar-refractivity contribution in [2.45, 2.75) is 31.0 Å². The topological polar surface area (TPSA) is 29.5 Å². The van der Waals surface area contributed by atoms with Crippen molar-refractivity contribution in [1.29, 1.82) is 0 Å². The summed E-state index contributed by atoms with van der Waals surface area (Å²) in [6.07, 6.45) is -2.65. The highest BCUT2D eigenvalue weighted by Crippen LogP contribution is 2.41.